The van der Waals surface area contributed by atoms with Gasteiger partial charge >= 0.3 is 0 Å². The molecule has 0 atom stereocenters. The van der Waals surface area contributed by atoms with Crippen LogP contribution in [0, 0.1) is 11.8 Å². The maximum absolute atomic E-state index is 10.6. The van der Waals surface area contributed by atoms with Crippen LogP contribution in [0.15, 0.2) is 0 Å². The van der Waals surface area contributed by atoms with Crippen molar-refractivity contribution in [3.8, 4) is 0 Å². The third-order valence-electron chi connectivity index (χ3n) is 3.71. The molecule has 0 bridgehead atoms. The van der Waals surface area contributed by atoms with E-state index in [4.69, 9.17) is 7.48 Å². The Balaban J connectivity index is 1.73. The summed E-state index contributed by atoms with van der Waals surface area (Å²) in [4.78, 5) is 12.4. The zero-order valence-corrected chi connectivity index (χ0v) is 10.4. The van der Waals surface area contributed by atoms with Gasteiger partial charge in [-0.1, -0.05) is 0 Å². The summed E-state index contributed by atoms with van der Waals surface area (Å²) < 4.78 is 21.7. The molecule has 0 saturated carbocycles. The average molecular weight is 242 g/mol. The van der Waals surface area contributed by atoms with Gasteiger partial charge in [0, 0.05) is 26.3 Å². The second-order valence-electron chi connectivity index (χ2n) is 5.04. The van der Waals surface area contributed by atoms with E-state index in [1.807, 2.05) is 0 Å². The predicted molar refractivity (Wildman–Crippen MR) is 66.8 cm³/mol. The molecular formula is C13H24N2O2. The number of piperidine rings is 2. The minimum atomic E-state index is -1.51. The van der Waals surface area contributed by atoms with Crippen molar-refractivity contribution in [2.45, 2.75) is 25.7 Å². The van der Waals surface area contributed by atoms with E-state index in [0.717, 1.165) is 58.3 Å². The monoisotopic (exact) mass is 242 g/mol. The van der Waals surface area contributed by atoms with E-state index in [1.165, 1.54) is 0 Å². The van der Waals surface area contributed by atoms with Crippen LogP contribution in [0.5, 0.6) is 0 Å². The number of ether oxygens (including phenoxy) is 1. The van der Waals surface area contributed by atoms with Crippen molar-refractivity contribution in [1.29, 1.82) is 0 Å². The first-order chi connectivity index (χ1) is 9.12. The van der Waals surface area contributed by atoms with E-state index in [9.17, 15) is 4.79 Å². The number of amides is 1. The summed E-state index contributed by atoms with van der Waals surface area (Å²) in [7, 11) is 0. The van der Waals surface area contributed by atoms with Crippen LogP contribution in [0.25, 0.3) is 0 Å². The zero-order valence-electron chi connectivity index (χ0n) is 12.4. The summed E-state index contributed by atoms with van der Waals surface area (Å²) in [5.41, 5.74) is 0. The number of hydrogen-bond donors (Lipinski definition) is 1. The number of hydrogen-bond acceptors (Lipinski definition) is 3. The van der Waals surface area contributed by atoms with Gasteiger partial charge in [0.1, 0.15) is 0 Å². The second kappa shape index (κ2) is 6.97. The first-order valence-electron chi connectivity index (χ1n) is 7.66. The van der Waals surface area contributed by atoms with Crippen LogP contribution in [0.1, 0.15) is 28.4 Å². The van der Waals surface area contributed by atoms with Gasteiger partial charge in [-0.3, -0.25) is 4.79 Å². The second-order valence-corrected chi connectivity index (χ2v) is 5.04. The fourth-order valence-electron chi connectivity index (χ4n) is 2.45. The van der Waals surface area contributed by atoms with Gasteiger partial charge in [0.2, 0.25) is 6.41 Å². The quantitative estimate of drug-likeness (QED) is 0.727. The molecule has 0 aromatic carbocycles. The molecule has 2 aliphatic rings. The first kappa shape index (κ1) is 10.3. The lowest BCUT2D eigenvalue weighted by molar-refractivity contribution is -0.119. The molecule has 4 nitrogen and oxygen atoms in total. The number of nitrogens with zero attached hydrogens (tertiary/aromatic N) is 1. The Morgan fingerprint density at radius 1 is 1.24 bits per heavy atom. The number of likely N-dealkylation sites (tertiary alicyclic amines) is 1. The molecule has 0 aromatic heterocycles. The van der Waals surface area contributed by atoms with Gasteiger partial charge in [-0.25, -0.2) is 0 Å². The standard InChI is InChI=1S/C13H24N2O2/c16-11-15-7-3-13(4-8-15)10-17-9-12-1-5-14-6-2-12/h11-14H,1-10H2/i9D2. The van der Waals surface area contributed by atoms with Gasteiger partial charge in [-0.2, -0.15) is 0 Å². The Bertz CT molecular complexity index is 288. The van der Waals surface area contributed by atoms with E-state index >= 15 is 0 Å². The fraction of sp³-hybridized carbons (Fsp3) is 0.923. The first-order valence-corrected chi connectivity index (χ1v) is 6.66. The van der Waals surface area contributed by atoms with Gasteiger partial charge in [-0.15, -0.1) is 0 Å². The highest BCUT2D eigenvalue weighted by molar-refractivity contribution is 5.47. The van der Waals surface area contributed by atoms with Crippen molar-refractivity contribution < 1.29 is 12.3 Å². The molecule has 1 amide bonds. The van der Waals surface area contributed by atoms with Crippen molar-refractivity contribution in [3.05, 3.63) is 0 Å². The van der Waals surface area contributed by atoms with Gasteiger partial charge < -0.3 is 15.0 Å². The van der Waals surface area contributed by atoms with Crippen molar-refractivity contribution in [2.75, 3.05) is 39.3 Å². The predicted octanol–water partition coefficient (Wildman–Crippen LogP) is 0.871. The summed E-state index contributed by atoms with van der Waals surface area (Å²) in [6.45, 7) is 2.27. The molecule has 2 rings (SSSR count). The lowest BCUT2D eigenvalue weighted by Gasteiger charge is -2.29. The van der Waals surface area contributed by atoms with E-state index in [2.05, 4.69) is 5.32 Å². The van der Waals surface area contributed by atoms with Crippen LogP contribution >= 0.6 is 0 Å². The fourth-order valence-corrected chi connectivity index (χ4v) is 2.45. The third-order valence-corrected chi connectivity index (χ3v) is 3.71. The highest BCUT2D eigenvalue weighted by atomic mass is 16.5. The molecule has 2 fully saturated rings. The Morgan fingerprint density at radius 2 is 1.94 bits per heavy atom. The highest BCUT2D eigenvalue weighted by Gasteiger charge is 2.19. The van der Waals surface area contributed by atoms with Gasteiger partial charge in [-0.05, 0) is 50.6 Å². The third kappa shape index (κ3) is 4.28. The molecule has 17 heavy (non-hydrogen) atoms. The normalized spacial score (nSPS) is 26.5. The average Bonchev–Trinajstić information content (AvgIpc) is 2.47. The van der Waals surface area contributed by atoms with E-state index in [1.54, 1.807) is 4.90 Å². The summed E-state index contributed by atoms with van der Waals surface area (Å²) in [6, 6.07) is 0. The van der Waals surface area contributed by atoms with Gasteiger partial charge in [0.25, 0.3) is 0 Å². The van der Waals surface area contributed by atoms with E-state index in [0.29, 0.717) is 12.5 Å². The zero-order chi connectivity index (χ0) is 13.7. The highest BCUT2D eigenvalue weighted by Crippen LogP contribution is 2.18. The van der Waals surface area contributed by atoms with Gasteiger partial charge in [0.05, 0.1) is 2.74 Å². The Hall–Kier alpha value is -0.610. The molecule has 2 aliphatic heterocycles. The van der Waals surface area contributed by atoms with Crippen LogP contribution in [0.2, 0.25) is 0 Å². The molecule has 1 N–H and O–H groups in total. The molecule has 0 aliphatic carbocycles. The number of nitrogens with one attached hydrogen (secondary N) is 1. The summed E-state index contributed by atoms with van der Waals surface area (Å²) >= 11 is 0. The number of carbonyl (C=O) groups excluding carboxylic acids is 1. The van der Waals surface area contributed by atoms with E-state index < -0.39 is 6.56 Å². The summed E-state index contributed by atoms with van der Waals surface area (Å²) in [6.07, 6.45) is 4.42. The molecule has 4 heteroatoms. The molecule has 0 radical (unpaired) electrons. The van der Waals surface area contributed by atoms with Gasteiger partial charge in [0.15, 0.2) is 0 Å². The largest absolute Gasteiger partial charge is 0.381 e. The molecule has 2 saturated heterocycles. The topological polar surface area (TPSA) is 41.6 Å². The van der Waals surface area contributed by atoms with Crippen molar-refractivity contribution >= 4 is 6.41 Å². The number of rotatable bonds is 5. The molecule has 0 aromatic rings. The van der Waals surface area contributed by atoms with Crippen LogP contribution in [0.3, 0.4) is 0 Å². The lowest BCUT2D eigenvalue weighted by atomic mass is 9.97. The minimum Gasteiger partial charge on any atom is -0.381 e. The molecule has 2 heterocycles. The minimum absolute atomic E-state index is 0.00353. The summed E-state index contributed by atoms with van der Waals surface area (Å²) in [5, 5.41) is 3.24. The van der Waals surface area contributed by atoms with Crippen LogP contribution in [-0.2, 0) is 9.53 Å². The van der Waals surface area contributed by atoms with Crippen LogP contribution < -0.4 is 5.32 Å². The molecule has 98 valence electrons. The molecule has 0 spiro atoms. The van der Waals surface area contributed by atoms with Crippen molar-refractivity contribution in [3.63, 3.8) is 0 Å². The maximum atomic E-state index is 10.6. The van der Waals surface area contributed by atoms with Crippen molar-refractivity contribution in [2.24, 2.45) is 11.8 Å². The van der Waals surface area contributed by atoms with E-state index in [-0.39, 0.29) is 5.92 Å². The van der Waals surface area contributed by atoms with Crippen LogP contribution in [-0.4, -0.2) is 50.7 Å². The Labute approximate surface area is 107 Å². The molecular weight excluding hydrogens is 216 g/mol. The Kier molecular flexibility index (Phi) is 4.23. The molecule has 0 unspecified atom stereocenters. The summed E-state index contributed by atoms with van der Waals surface area (Å²) in [5.74, 6) is 0.386. The SMILES string of the molecule is [2H]C([2H])(OCC1CCN(C=O)CC1)C1CCNCC1. The number of carbonyl (C=O) groups is 1. The Morgan fingerprint density at radius 3 is 2.59 bits per heavy atom. The lowest BCUT2D eigenvalue weighted by Crippen LogP contribution is -2.34. The smallest absolute Gasteiger partial charge is 0.209 e. The van der Waals surface area contributed by atoms with Crippen LogP contribution in [0.4, 0.5) is 0 Å². The van der Waals surface area contributed by atoms with Crippen molar-refractivity contribution in [1.82, 2.24) is 10.2 Å². The maximum Gasteiger partial charge on any atom is 0.209 e.